The quantitative estimate of drug-likeness (QED) is 0.781. The summed E-state index contributed by atoms with van der Waals surface area (Å²) in [6.45, 7) is 4.66. The number of benzene rings is 1. The molecule has 0 unspecified atom stereocenters. The molecule has 0 aliphatic carbocycles. The van der Waals surface area contributed by atoms with Gasteiger partial charge in [-0.05, 0) is 32.4 Å². The van der Waals surface area contributed by atoms with Crippen LogP contribution in [-0.4, -0.2) is 36.5 Å². The maximum absolute atomic E-state index is 11.8. The Morgan fingerprint density at radius 3 is 2.50 bits per heavy atom. The number of hydrogen-bond donors (Lipinski definition) is 1. The smallest absolute Gasteiger partial charge is 0.241 e. The van der Waals surface area contributed by atoms with E-state index in [0.29, 0.717) is 13.2 Å². The van der Waals surface area contributed by atoms with E-state index in [2.05, 4.69) is 0 Å². The number of nitrogens with two attached hydrogens (primary N) is 1. The summed E-state index contributed by atoms with van der Waals surface area (Å²) in [5, 5.41) is 0. The van der Waals surface area contributed by atoms with Crippen LogP contribution in [0.15, 0.2) is 30.3 Å². The monoisotopic (exact) mass is 250 g/mol. The van der Waals surface area contributed by atoms with Crippen LogP contribution in [0.3, 0.4) is 0 Å². The molecule has 0 fully saturated rings. The zero-order valence-corrected chi connectivity index (χ0v) is 11.3. The Labute approximate surface area is 109 Å². The van der Waals surface area contributed by atoms with Gasteiger partial charge >= 0.3 is 0 Å². The summed E-state index contributed by atoms with van der Waals surface area (Å²) in [5.74, 6) is 0.799. The highest BCUT2D eigenvalue weighted by molar-refractivity contribution is 5.84. The second-order valence-electron chi connectivity index (χ2n) is 4.96. The maximum atomic E-state index is 11.8. The normalized spacial score (nSPS) is 11.1. The second kappa shape index (κ2) is 6.40. The molecule has 0 spiro atoms. The lowest BCUT2D eigenvalue weighted by molar-refractivity contribution is -0.134. The zero-order valence-electron chi connectivity index (χ0n) is 11.3. The van der Waals surface area contributed by atoms with Crippen LogP contribution < -0.4 is 10.5 Å². The van der Waals surface area contributed by atoms with E-state index in [1.807, 2.05) is 30.3 Å². The number of nitrogens with zero attached hydrogens (tertiary/aromatic N) is 1. The van der Waals surface area contributed by atoms with Crippen LogP contribution in [0.4, 0.5) is 0 Å². The third-order valence-electron chi connectivity index (χ3n) is 2.55. The molecule has 4 nitrogen and oxygen atoms in total. The van der Waals surface area contributed by atoms with Crippen molar-refractivity contribution >= 4 is 5.91 Å². The first-order chi connectivity index (χ1) is 8.41. The highest BCUT2D eigenvalue weighted by Crippen LogP contribution is 2.09. The lowest BCUT2D eigenvalue weighted by Crippen LogP contribution is -2.50. The molecule has 100 valence electrons. The van der Waals surface area contributed by atoms with E-state index in [-0.39, 0.29) is 5.91 Å². The maximum Gasteiger partial charge on any atom is 0.241 e. The Balaban J connectivity index is 2.24. The average Bonchev–Trinajstić information content (AvgIpc) is 2.33. The van der Waals surface area contributed by atoms with Crippen LogP contribution >= 0.6 is 0 Å². The largest absolute Gasteiger partial charge is 0.494 e. The summed E-state index contributed by atoms with van der Waals surface area (Å²) in [6, 6.07) is 9.64. The Bertz CT molecular complexity index is 371. The van der Waals surface area contributed by atoms with Gasteiger partial charge in [0, 0.05) is 13.6 Å². The summed E-state index contributed by atoms with van der Waals surface area (Å²) in [7, 11) is 1.76. The Hall–Kier alpha value is -1.55. The van der Waals surface area contributed by atoms with Crippen molar-refractivity contribution < 1.29 is 9.53 Å². The van der Waals surface area contributed by atoms with Gasteiger partial charge in [0.2, 0.25) is 5.91 Å². The Kier molecular flexibility index (Phi) is 5.16. The van der Waals surface area contributed by atoms with Crippen LogP contribution in [0.25, 0.3) is 0 Å². The van der Waals surface area contributed by atoms with Crippen molar-refractivity contribution in [3.8, 4) is 5.75 Å². The molecule has 0 aliphatic rings. The van der Waals surface area contributed by atoms with Gasteiger partial charge < -0.3 is 15.4 Å². The first kappa shape index (κ1) is 14.5. The number of hydrogen-bond acceptors (Lipinski definition) is 3. The van der Waals surface area contributed by atoms with Gasteiger partial charge in [-0.1, -0.05) is 18.2 Å². The highest BCUT2D eigenvalue weighted by Gasteiger charge is 2.24. The van der Waals surface area contributed by atoms with Crippen LogP contribution in [0.1, 0.15) is 20.3 Å². The van der Waals surface area contributed by atoms with Gasteiger partial charge in [0.15, 0.2) is 0 Å². The van der Waals surface area contributed by atoms with Crippen molar-refractivity contribution in [2.24, 2.45) is 5.73 Å². The lowest BCUT2D eigenvalue weighted by atomic mass is 10.1. The summed E-state index contributed by atoms with van der Waals surface area (Å²) in [4.78, 5) is 13.4. The average molecular weight is 250 g/mol. The Morgan fingerprint density at radius 2 is 1.94 bits per heavy atom. The van der Waals surface area contributed by atoms with Gasteiger partial charge in [0.1, 0.15) is 5.75 Å². The molecule has 0 aromatic heterocycles. The minimum atomic E-state index is -0.810. The zero-order chi connectivity index (χ0) is 13.6. The van der Waals surface area contributed by atoms with E-state index < -0.39 is 5.54 Å². The van der Waals surface area contributed by atoms with E-state index in [1.165, 1.54) is 0 Å². The van der Waals surface area contributed by atoms with Crippen molar-refractivity contribution in [3.63, 3.8) is 0 Å². The SMILES string of the molecule is CN(CCCOc1ccccc1)C(=O)C(C)(C)N. The highest BCUT2D eigenvalue weighted by atomic mass is 16.5. The lowest BCUT2D eigenvalue weighted by Gasteiger charge is -2.25. The predicted octanol–water partition coefficient (Wildman–Crippen LogP) is 1.65. The molecule has 0 saturated carbocycles. The van der Waals surface area contributed by atoms with E-state index in [4.69, 9.17) is 10.5 Å². The van der Waals surface area contributed by atoms with Gasteiger partial charge in [-0.3, -0.25) is 4.79 Å². The Morgan fingerprint density at radius 1 is 1.33 bits per heavy atom. The van der Waals surface area contributed by atoms with Gasteiger partial charge in [-0.15, -0.1) is 0 Å². The number of para-hydroxylation sites is 1. The number of carbonyl (C=O) groups excluding carboxylic acids is 1. The molecule has 4 heteroatoms. The molecule has 0 atom stereocenters. The first-order valence-electron chi connectivity index (χ1n) is 6.13. The first-order valence-corrected chi connectivity index (χ1v) is 6.13. The molecule has 0 bridgehead atoms. The van der Waals surface area contributed by atoms with Gasteiger partial charge in [0.05, 0.1) is 12.1 Å². The standard InChI is InChI=1S/C14H22N2O2/c1-14(2,15)13(17)16(3)10-7-11-18-12-8-5-4-6-9-12/h4-6,8-9H,7,10-11,15H2,1-3H3. The van der Waals surface area contributed by atoms with Crippen molar-refractivity contribution in [1.29, 1.82) is 0 Å². The minimum Gasteiger partial charge on any atom is -0.494 e. The number of carbonyl (C=O) groups is 1. The molecule has 0 heterocycles. The molecule has 2 N–H and O–H groups in total. The predicted molar refractivity (Wildman–Crippen MR) is 72.5 cm³/mol. The van der Waals surface area contributed by atoms with E-state index in [9.17, 15) is 4.79 Å². The molecular weight excluding hydrogens is 228 g/mol. The fourth-order valence-corrected chi connectivity index (χ4v) is 1.60. The van der Waals surface area contributed by atoms with Crippen LogP contribution in [0, 0.1) is 0 Å². The third-order valence-corrected chi connectivity index (χ3v) is 2.55. The van der Waals surface area contributed by atoms with E-state index >= 15 is 0 Å². The summed E-state index contributed by atoms with van der Waals surface area (Å²) in [6.07, 6.45) is 0.785. The van der Waals surface area contributed by atoms with Gasteiger partial charge in [-0.25, -0.2) is 0 Å². The van der Waals surface area contributed by atoms with E-state index in [1.54, 1.807) is 25.8 Å². The summed E-state index contributed by atoms with van der Waals surface area (Å²) < 4.78 is 5.55. The van der Waals surface area contributed by atoms with Crippen molar-refractivity contribution in [3.05, 3.63) is 30.3 Å². The number of amides is 1. The molecule has 18 heavy (non-hydrogen) atoms. The van der Waals surface area contributed by atoms with Gasteiger partial charge in [-0.2, -0.15) is 0 Å². The third kappa shape index (κ3) is 4.75. The van der Waals surface area contributed by atoms with Crippen molar-refractivity contribution in [2.75, 3.05) is 20.2 Å². The molecule has 0 radical (unpaired) electrons. The number of ether oxygens (including phenoxy) is 1. The molecule has 1 rings (SSSR count). The van der Waals surface area contributed by atoms with Crippen molar-refractivity contribution in [1.82, 2.24) is 4.90 Å². The molecule has 1 amide bonds. The molecule has 0 aliphatic heterocycles. The molecule has 1 aromatic rings. The van der Waals surface area contributed by atoms with Crippen LogP contribution in [-0.2, 0) is 4.79 Å². The summed E-state index contributed by atoms with van der Waals surface area (Å²) >= 11 is 0. The fourth-order valence-electron chi connectivity index (χ4n) is 1.60. The molecule has 1 aromatic carbocycles. The van der Waals surface area contributed by atoms with Gasteiger partial charge in [0.25, 0.3) is 0 Å². The molecular formula is C14H22N2O2. The topological polar surface area (TPSA) is 55.6 Å². The fraction of sp³-hybridized carbons (Fsp3) is 0.500. The van der Waals surface area contributed by atoms with Crippen molar-refractivity contribution in [2.45, 2.75) is 25.8 Å². The summed E-state index contributed by atoms with van der Waals surface area (Å²) in [5.41, 5.74) is 4.94. The van der Waals surface area contributed by atoms with E-state index in [0.717, 1.165) is 12.2 Å². The molecule has 0 saturated heterocycles. The number of rotatable bonds is 6. The number of likely N-dealkylation sites (N-methyl/N-ethyl adjacent to an activating group) is 1. The minimum absolute atomic E-state index is 0.0535. The second-order valence-corrected chi connectivity index (χ2v) is 4.96. The van der Waals surface area contributed by atoms with Crippen LogP contribution in [0.5, 0.6) is 5.75 Å². The van der Waals surface area contributed by atoms with Crippen LogP contribution in [0.2, 0.25) is 0 Å².